The van der Waals surface area contributed by atoms with E-state index in [9.17, 15) is 9.18 Å². The molecule has 0 radical (unpaired) electrons. The number of benzene rings is 1. The lowest BCUT2D eigenvalue weighted by Gasteiger charge is -2.15. The van der Waals surface area contributed by atoms with Crippen LogP contribution in [0.5, 0.6) is 0 Å². The average Bonchev–Trinajstić information content (AvgIpc) is 3.42. The van der Waals surface area contributed by atoms with Crippen molar-refractivity contribution in [3.05, 3.63) is 91.3 Å². The van der Waals surface area contributed by atoms with Crippen molar-refractivity contribution >= 4 is 23.2 Å². The Morgan fingerprint density at radius 2 is 1.81 bits per heavy atom. The second kappa shape index (κ2) is 6.77. The van der Waals surface area contributed by atoms with Gasteiger partial charge in [0.1, 0.15) is 16.0 Å². The van der Waals surface area contributed by atoms with E-state index in [0.29, 0.717) is 10.8 Å². The fraction of sp³-hybridized carbons (Fsp3) is 0.238. The Morgan fingerprint density at radius 1 is 1.11 bits per heavy atom. The Labute approximate surface area is 166 Å². The first-order valence-electron chi connectivity index (χ1n) is 8.67. The first-order chi connectivity index (χ1) is 12.9. The van der Waals surface area contributed by atoms with Crippen LogP contribution in [0.1, 0.15) is 40.6 Å². The second-order valence-electron chi connectivity index (χ2n) is 6.99. The highest BCUT2D eigenvalue weighted by atomic mass is 35.5. The van der Waals surface area contributed by atoms with Crippen molar-refractivity contribution in [1.29, 1.82) is 0 Å². The zero-order valence-corrected chi connectivity index (χ0v) is 16.4. The summed E-state index contributed by atoms with van der Waals surface area (Å²) >= 11 is 12.5. The lowest BCUT2D eigenvalue weighted by atomic mass is 10.0. The average molecular weight is 403 g/mol. The van der Waals surface area contributed by atoms with Gasteiger partial charge in [-0.15, -0.1) is 0 Å². The van der Waals surface area contributed by atoms with E-state index in [2.05, 4.69) is 4.98 Å². The molecule has 3 aromatic rings. The highest BCUT2D eigenvalue weighted by molar-refractivity contribution is 6.31. The van der Waals surface area contributed by atoms with E-state index in [-0.39, 0.29) is 28.2 Å². The third-order valence-corrected chi connectivity index (χ3v) is 5.72. The molecule has 1 aromatic carbocycles. The number of rotatable bonds is 3. The van der Waals surface area contributed by atoms with Crippen LogP contribution in [0.15, 0.2) is 47.4 Å². The van der Waals surface area contributed by atoms with Crippen molar-refractivity contribution in [2.45, 2.75) is 32.1 Å². The molecule has 0 aliphatic heterocycles. The van der Waals surface area contributed by atoms with Gasteiger partial charge in [-0.25, -0.2) is 9.37 Å². The molecule has 0 N–H and O–H groups in total. The minimum atomic E-state index is -0.262. The minimum absolute atomic E-state index is 0.172. The Kier molecular flexibility index (Phi) is 4.57. The Balaban J connectivity index is 1.74. The van der Waals surface area contributed by atoms with Gasteiger partial charge in [0.2, 0.25) is 0 Å². The summed E-state index contributed by atoms with van der Waals surface area (Å²) in [7, 11) is 0. The first-order valence-corrected chi connectivity index (χ1v) is 9.42. The number of halogens is 3. The maximum absolute atomic E-state index is 13.1. The first kappa shape index (κ1) is 18.2. The molecule has 0 bridgehead atoms. The molecule has 6 heteroatoms. The summed E-state index contributed by atoms with van der Waals surface area (Å²) in [6, 6.07) is 10.1. The normalized spacial score (nSPS) is 18.6. The molecule has 3 nitrogen and oxygen atoms in total. The summed E-state index contributed by atoms with van der Waals surface area (Å²) in [4.78, 5) is 17.1. The van der Waals surface area contributed by atoms with E-state index in [0.717, 1.165) is 28.8 Å². The molecule has 4 rings (SSSR count). The van der Waals surface area contributed by atoms with Crippen molar-refractivity contribution in [2.24, 2.45) is 0 Å². The molecule has 27 heavy (non-hydrogen) atoms. The Bertz CT molecular complexity index is 1090. The van der Waals surface area contributed by atoms with Crippen LogP contribution in [-0.4, -0.2) is 9.55 Å². The van der Waals surface area contributed by atoms with Crippen LogP contribution >= 0.6 is 23.2 Å². The maximum atomic E-state index is 13.1. The smallest absolute Gasteiger partial charge is 0.274 e. The Hall–Kier alpha value is -2.17. The fourth-order valence-electron chi connectivity index (χ4n) is 3.65. The van der Waals surface area contributed by atoms with Crippen molar-refractivity contribution in [1.82, 2.24) is 9.55 Å². The van der Waals surface area contributed by atoms with Gasteiger partial charge in [0.15, 0.2) is 0 Å². The number of hydrogen-bond donors (Lipinski definition) is 0. The van der Waals surface area contributed by atoms with Gasteiger partial charge in [0.25, 0.3) is 5.56 Å². The monoisotopic (exact) mass is 402 g/mol. The molecule has 1 aliphatic rings. The lowest BCUT2D eigenvalue weighted by molar-refractivity contribution is 0.627. The molecule has 2 atom stereocenters. The molecule has 2 heterocycles. The van der Waals surface area contributed by atoms with Crippen LogP contribution in [-0.2, 0) is 0 Å². The van der Waals surface area contributed by atoms with E-state index in [1.54, 1.807) is 29.0 Å². The number of pyridine rings is 2. The summed E-state index contributed by atoms with van der Waals surface area (Å²) in [5.74, 6) is 0.180. The molecule has 1 saturated carbocycles. The topological polar surface area (TPSA) is 34.9 Å². The molecule has 0 saturated heterocycles. The van der Waals surface area contributed by atoms with Gasteiger partial charge in [0, 0.05) is 11.9 Å². The summed E-state index contributed by atoms with van der Waals surface area (Å²) < 4.78 is 14.7. The number of hydrogen-bond acceptors (Lipinski definition) is 2. The molecule has 0 unspecified atom stereocenters. The van der Waals surface area contributed by atoms with Crippen molar-refractivity contribution in [2.75, 3.05) is 0 Å². The predicted octanol–water partition coefficient (Wildman–Crippen LogP) is 5.57. The third kappa shape index (κ3) is 3.28. The van der Waals surface area contributed by atoms with Gasteiger partial charge < -0.3 is 0 Å². The van der Waals surface area contributed by atoms with Gasteiger partial charge in [-0.05, 0) is 73.1 Å². The van der Waals surface area contributed by atoms with Crippen LogP contribution in [0.3, 0.4) is 0 Å². The minimum Gasteiger partial charge on any atom is -0.280 e. The van der Waals surface area contributed by atoms with Crippen LogP contribution in [0.4, 0.5) is 4.39 Å². The zero-order valence-electron chi connectivity index (χ0n) is 14.8. The highest BCUT2D eigenvalue weighted by Gasteiger charge is 2.41. The molecule has 1 aliphatic carbocycles. The second-order valence-corrected chi connectivity index (χ2v) is 7.75. The fourth-order valence-corrected chi connectivity index (χ4v) is 4.08. The molecule has 1 fully saturated rings. The van der Waals surface area contributed by atoms with Gasteiger partial charge >= 0.3 is 0 Å². The van der Waals surface area contributed by atoms with E-state index in [1.165, 1.54) is 12.1 Å². The maximum Gasteiger partial charge on any atom is 0.274 e. The number of nitrogens with zero attached hydrogens (tertiary/aromatic N) is 2. The lowest BCUT2D eigenvalue weighted by Crippen LogP contribution is -2.23. The number of aromatic nitrogens is 2. The summed E-state index contributed by atoms with van der Waals surface area (Å²) in [6.07, 6.45) is 2.53. The van der Waals surface area contributed by atoms with E-state index in [1.807, 2.05) is 19.9 Å². The van der Waals surface area contributed by atoms with Crippen molar-refractivity contribution in [3.63, 3.8) is 0 Å². The number of aryl methyl sites for hydroxylation is 2. The van der Waals surface area contributed by atoms with E-state index < -0.39 is 0 Å². The van der Waals surface area contributed by atoms with E-state index >= 15 is 0 Å². The predicted molar refractivity (Wildman–Crippen MR) is 106 cm³/mol. The molecule has 2 aromatic heterocycles. The molecule has 0 amide bonds. The molecule has 0 spiro atoms. The molecule has 138 valence electrons. The Morgan fingerprint density at radius 3 is 2.52 bits per heavy atom. The largest absolute Gasteiger partial charge is 0.280 e. The van der Waals surface area contributed by atoms with Crippen LogP contribution in [0.2, 0.25) is 10.2 Å². The zero-order chi connectivity index (χ0) is 19.3. The van der Waals surface area contributed by atoms with E-state index in [4.69, 9.17) is 23.2 Å². The van der Waals surface area contributed by atoms with Crippen LogP contribution in [0, 0.1) is 19.7 Å². The van der Waals surface area contributed by atoms with Crippen molar-refractivity contribution in [3.8, 4) is 5.69 Å². The van der Waals surface area contributed by atoms with Gasteiger partial charge in [0.05, 0.1) is 5.69 Å². The third-order valence-electron chi connectivity index (χ3n) is 5.13. The quantitative estimate of drug-likeness (QED) is 0.537. The summed E-state index contributed by atoms with van der Waals surface area (Å²) in [5.41, 5.74) is 3.95. The standard InChI is InChI=1S/C21H17Cl2FN2O/c1-11-10-25-19(22)9-18(11)26-12(2)7-17(20(23)21(26)27)16-8-15(16)13-3-5-14(24)6-4-13/h3-7,9-10,15-16H,8H2,1-2H3/t15-,16+/m0/s1. The van der Waals surface area contributed by atoms with Crippen LogP contribution in [0.25, 0.3) is 5.69 Å². The highest BCUT2D eigenvalue weighted by Crippen LogP contribution is 2.55. The van der Waals surface area contributed by atoms with Crippen molar-refractivity contribution < 1.29 is 4.39 Å². The SMILES string of the molecule is Cc1cnc(Cl)cc1-n1c(C)cc([C@@H]2C[C@H]2c2ccc(F)cc2)c(Cl)c1=O. The van der Waals surface area contributed by atoms with Gasteiger partial charge in [-0.2, -0.15) is 0 Å². The molecular weight excluding hydrogens is 386 g/mol. The summed E-state index contributed by atoms with van der Waals surface area (Å²) in [5, 5.41) is 0.545. The summed E-state index contributed by atoms with van der Waals surface area (Å²) in [6.45, 7) is 3.75. The van der Waals surface area contributed by atoms with Gasteiger partial charge in [-0.1, -0.05) is 35.3 Å². The van der Waals surface area contributed by atoms with Gasteiger partial charge in [-0.3, -0.25) is 9.36 Å². The molecular formula is C21H17Cl2FN2O. The van der Waals surface area contributed by atoms with Crippen LogP contribution < -0.4 is 5.56 Å².